The summed E-state index contributed by atoms with van der Waals surface area (Å²) in [4.78, 5) is 32.6. The summed E-state index contributed by atoms with van der Waals surface area (Å²) in [5, 5.41) is 10.8. The molecule has 1 rings (SSSR count). The Balaban J connectivity index is 2.68. The lowest BCUT2D eigenvalue weighted by molar-refractivity contribution is -0.385. The Morgan fingerprint density at radius 1 is 1.40 bits per heavy atom. The van der Waals surface area contributed by atoms with Gasteiger partial charge in [-0.2, -0.15) is 0 Å². The van der Waals surface area contributed by atoms with Gasteiger partial charge in [0.25, 0.3) is 0 Å². The van der Waals surface area contributed by atoms with Crippen LogP contribution in [0, 0.1) is 10.1 Å². The number of nitrogens with zero attached hydrogens (tertiary/aromatic N) is 1. The third kappa shape index (κ3) is 4.51. The van der Waals surface area contributed by atoms with Crippen LogP contribution in [0.2, 0.25) is 5.02 Å². The van der Waals surface area contributed by atoms with Crippen molar-refractivity contribution in [3.63, 3.8) is 0 Å². The number of carbonyl (C=O) groups is 2. The number of nitro benzene ring substituents is 1. The Morgan fingerprint density at radius 2 is 2.10 bits per heavy atom. The van der Waals surface area contributed by atoms with Gasteiger partial charge in [0.15, 0.2) is 5.78 Å². The van der Waals surface area contributed by atoms with E-state index in [1.54, 1.807) is 6.92 Å². The highest BCUT2D eigenvalue weighted by Gasteiger charge is 2.20. The monoisotopic (exact) mass is 301 g/mol. The maximum atomic E-state index is 11.5. The number of esters is 1. The molecule has 8 heteroatoms. The maximum Gasteiger partial charge on any atom is 0.313 e. The van der Waals surface area contributed by atoms with Crippen LogP contribution in [0.25, 0.3) is 0 Å². The van der Waals surface area contributed by atoms with Crippen molar-refractivity contribution in [1.29, 1.82) is 0 Å². The molecule has 20 heavy (non-hydrogen) atoms. The lowest BCUT2D eigenvalue weighted by atomic mass is 10.3. The topological polar surface area (TPSA) is 95.7 Å². The van der Waals surface area contributed by atoms with Crippen LogP contribution in [-0.2, 0) is 14.3 Å². The van der Waals surface area contributed by atoms with E-state index in [0.29, 0.717) is 0 Å². The fourth-order valence-electron chi connectivity index (χ4n) is 1.36. The minimum Gasteiger partial charge on any atom is -0.478 e. The lowest BCUT2D eigenvalue weighted by Gasteiger charge is -2.07. The van der Waals surface area contributed by atoms with E-state index >= 15 is 0 Å². The van der Waals surface area contributed by atoms with Crippen molar-refractivity contribution >= 4 is 29.0 Å². The van der Waals surface area contributed by atoms with E-state index in [9.17, 15) is 19.7 Å². The molecule has 0 aliphatic carbocycles. The summed E-state index contributed by atoms with van der Waals surface area (Å²) in [5.41, 5.74) is -0.346. The molecule has 0 N–H and O–H groups in total. The van der Waals surface area contributed by atoms with Gasteiger partial charge in [-0.25, -0.2) is 0 Å². The van der Waals surface area contributed by atoms with Gasteiger partial charge in [0.05, 0.1) is 16.6 Å². The highest BCUT2D eigenvalue weighted by molar-refractivity contribution is 6.32. The molecule has 0 unspecified atom stereocenters. The number of hydrogen-bond donors (Lipinski definition) is 0. The zero-order chi connectivity index (χ0) is 15.1. The number of carbonyl (C=O) groups excluding carboxylic acids is 2. The van der Waals surface area contributed by atoms with Gasteiger partial charge >= 0.3 is 11.7 Å². The third-order valence-corrected chi connectivity index (χ3v) is 2.46. The molecule has 0 aliphatic rings. The predicted octanol–water partition coefficient (Wildman–Crippen LogP) is 2.15. The second kappa shape index (κ2) is 7.44. The largest absolute Gasteiger partial charge is 0.478 e. The number of ketones is 1. The number of hydrogen-bond acceptors (Lipinski definition) is 6. The predicted molar refractivity (Wildman–Crippen MR) is 69.9 cm³/mol. The normalized spacial score (nSPS) is 9.90. The first-order chi connectivity index (χ1) is 9.45. The minimum atomic E-state index is -0.672. The van der Waals surface area contributed by atoms with Gasteiger partial charge in [-0.1, -0.05) is 17.7 Å². The summed E-state index contributed by atoms with van der Waals surface area (Å²) in [5.74, 6) is -1.43. The molecule has 0 saturated heterocycles. The minimum absolute atomic E-state index is 0.0168. The van der Waals surface area contributed by atoms with E-state index in [1.165, 1.54) is 18.2 Å². The lowest BCUT2D eigenvalue weighted by Crippen LogP contribution is -2.17. The van der Waals surface area contributed by atoms with Gasteiger partial charge in [0.2, 0.25) is 5.75 Å². The van der Waals surface area contributed by atoms with Gasteiger partial charge in [-0.3, -0.25) is 19.7 Å². The first-order valence-corrected chi connectivity index (χ1v) is 6.06. The van der Waals surface area contributed by atoms with E-state index in [2.05, 4.69) is 4.74 Å². The summed E-state index contributed by atoms with van der Waals surface area (Å²) < 4.78 is 9.64. The van der Waals surface area contributed by atoms with Gasteiger partial charge in [0.1, 0.15) is 13.0 Å². The summed E-state index contributed by atoms with van der Waals surface area (Å²) >= 11 is 5.78. The molecule has 0 spiro atoms. The van der Waals surface area contributed by atoms with Crippen molar-refractivity contribution < 1.29 is 24.0 Å². The van der Waals surface area contributed by atoms with E-state index in [4.69, 9.17) is 16.3 Å². The zero-order valence-electron chi connectivity index (χ0n) is 10.6. The Labute approximate surface area is 119 Å². The van der Waals surface area contributed by atoms with Crippen LogP contribution in [0.15, 0.2) is 18.2 Å². The molecule has 0 amide bonds. The summed E-state index contributed by atoms with van der Waals surface area (Å²) in [6.45, 7) is 1.29. The van der Waals surface area contributed by atoms with Crippen LogP contribution in [0.3, 0.4) is 0 Å². The number of benzene rings is 1. The molecule has 0 aromatic heterocycles. The molecule has 0 bridgehead atoms. The van der Waals surface area contributed by atoms with Crippen LogP contribution in [0.4, 0.5) is 5.69 Å². The number of para-hydroxylation sites is 1. The highest BCUT2D eigenvalue weighted by Crippen LogP contribution is 2.34. The van der Waals surface area contributed by atoms with Crippen LogP contribution < -0.4 is 4.74 Å². The molecular weight excluding hydrogens is 290 g/mol. The van der Waals surface area contributed by atoms with E-state index in [0.717, 1.165) is 0 Å². The van der Waals surface area contributed by atoms with E-state index < -0.39 is 29.7 Å². The molecule has 0 heterocycles. The molecule has 1 aromatic carbocycles. The van der Waals surface area contributed by atoms with Crippen molar-refractivity contribution in [2.45, 2.75) is 13.3 Å². The first kappa shape index (κ1) is 15.9. The zero-order valence-corrected chi connectivity index (χ0v) is 11.4. The van der Waals surface area contributed by atoms with E-state index in [-0.39, 0.29) is 23.1 Å². The standard InChI is InChI=1S/C12H12ClNO6/c1-2-19-11(16)6-8(15)7-20-12-9(13)4-3-5-10(12)14(17)18/h3-5H,2,6-7H2,1H3. The molecule has 1 aromatic rings. The SMILES string of the molecule is CCOC(=O)CC(=O)COc1c(Cl)cccc1[N+](=O)[O-]. The van der Waals surface area contributed by atoms with Crippen LogP contribution in [0.5, 0.6) is 5.75 Å². The second-order valence-corrected chi connectivity index (χ2v) is 4.06. The summed E-state index contributed by atoms with van der Waals surface area (Å²) in [6.07, 6.45) is -0.452. The maximum absolute atomic E-state index is 11.5. The first-order valence-electron chi connectivity index (χ1n) is 5.68. The summed E-state index contributed by atoms with van der Waals surface area (Å²) in [6, 6.07) is 4.00. The van der Waals surface area contributed by atoms with Crippen molar-refractivity contribution in [2.24, 2.45) is 0 Å². The molecule has 7 nitrogen and oxygen atoms in total. The van der Waals surface area contributed by atoms with Gasteiger partial charge < -0.3 is 9.47 Å². The van der Waals surface area contributed by atoms with Crippen molar-refractivity contribution in [3.8, 4) is 5.75 Å². The third-order valence-electron chi connectivity index (χ3n) is 2.17. The second-order valence-electron chi connectivity index (χ2n) is 3.65. The number of Topliss-reactive ketones (excluding diaryl/α,β-unsaturated/α-hetero) is 1. The molecule has 0 fully saturated rings. The van der Waals surface area contributed by atoms with Gasteiger partial charge in [0, 0.05) is 6.07 Å². The van der Waals surface area contributed by atoms with Crippen molar-refractivity contribution in [3.05, 3.63) is 33.3 Å². The van der Waals surface area contributed by atoms with Crippen LogP contribution >= 0.6 is 11.6 Å². The van der Waals surface area contributed by atoms with Crippen LogP contribution in [-0.4, -0.2) is 29.9 Å². The number of rotatable bonds is 7. The Kier molecular flexibility index (Phi) is 5.92. The Bertz CT molecular complexity index is 531. The molecule has 108 valence electrons. The molecule has 0 aliphatic heterocycles. The number of halogens is 1. The fourth-order valence-corrected chi connectivity index (χ4v) is 1.58. The Hall–Kier alpha value is -2.15. The Morgan fingerprint density at radius 3 is 2.70 bits per heavy atom. The van der Waals surface area contributed by atoms with Gasteiger partial charge in [-0.05, 0) is 13.0 Å². The van der Waals surface area contributed by atoms with E-state index in [1.807, 2.05) is 0 Å². The molecule has 0 saturated carbocycles. The van der Waals surface area contributed by atoms with Crippen molar-refractivity contribution in [2.75, 3.05) is 13.2 Å². The smallest absolute Gasteiger partial charge is 0.313 e. The quantitative estimate of drug-likeness (QED) is 0.331. The highest BCUT2D eigenvalue weighted by atomic mass is 35.5. The molecular formula is C12H12ClNO6. The van der Waals surface area contributed by atoms with Crippen molar-refractivity contribution in [1.82, 2.24) is 0 Å². The van der Waals surface area contributed by atoms with Crippen LogP contribution in [0.1, 0.15) is 13.3 Å². The molecule has 0 radical (unpaired) electrons. The summed E-state index contributed by atoms with van der Waals surface area (Å²) in [7, 11) is 0. The fraction of sp³-hybridized carbons (Fsp3) is 0.333. The number of ether oxygens (including phenoxy) is 2. The molecule has 0 atom stereocenters. The number of nitro groups is 1. The van der Waals surface area contributed by atoms with Gasteiger partial charge in [-0.15, -0.1) is 0 Å². The average Bonchev–Trinajstić information content (AvgIpc) is 2.37. The average molecular weight is 302 g/mol.